The number of hydrogen-bond acceptors (Lipinski definition) is 1. The molecule has 0 heterocycles. The van der Waals surface area contributed by atoms with Crippen LogP contribution in [0.3, 0.4) is 0 Å². The second kappa shape index (κ2) is 8.46. The number of rotatable bonds is 6. The SMILES string of the molecule is CN(C)C/C(=C/[Se]c1ccccc1)[Se]c1ccccc1. The second-order valence-corrected chi connectivity index (χ2v) is 9.16. The molecule has 0 unspecified atom stereocenters. The number of likely N-dealkylation sites (N-methyl/N-ethyl adjacent to an activating group) is 1. The molecular weight excluding hydrogens is 376 g/mol. The minimum atomic E-state index is 0.433. The van der Waals surface area contributed by atoms with Gasteiger partial charge in [0, 0.05) is 0 Å². The zero-order chi connectivity index (χ0) is 14.2. The van der Waals surface area contributed by atoms with Crippen molar-refractivity contribution < 1.29 is 0 Å². The third kappa shape index (κ3) is 5.66. The van der Waals surface area contributed by atoms with Crippen LogP contribution in [0.5, 0.6) is 0 Å². The Morgan fingerprint density at radius 2 is 1.45 bits per heavy atom. The molecule has 2 rings (SSSR count). The van der Waals surface area contributed by atoms with E-state index in [2.05, 4.69) is 84.6 Å². The summed E-state index contributed by atoms with van der Waals surface area (Å²) in [5.74, 6) is 0. The number of nitrogens with zero attached hydrogens (tertiary/aromatic N) is 1. The zero-order valence-electron chi connectivity index (χ0n) is 11.8. The molecule has 0 aliphatic heterocycles. The van der Waals surface area contributed by atoms with E-state index in [4.69, 9.17) is 0 Å². The van der Waals surface area contributed by atoms with E-state index in [9.17, 15) is 0 Å². The molecule has 0 amide bonds. The van der Waals surface area contributed by atoms with Crippen molar-refractivity contribution in [1.29, 1.82) is 0 Å². The Bertz CT molecular complexity index is 535. The van der Waals surface area contributed by atoms with Crippen molar-refractivity contribution >= 4 is 38.8 Å². The fraction of sp³-hybridized carbons (Fsp3) is 0.176. The summed E-state index contributed by atoms with van der Waals surface area (Å²) in [5.41, 5.74) is 0. The Balaban J connectivity index is 2.07. The predicted octanol–water partition coefficient (Wildman–Crippen LogP) is 1.45. The fourth-order valence-corrected chi connectivity index (χ4v) is 6.13. The summed E-state index contributed by atoms with van der Waals surface area (Å²) in [6, 6.07) is 21.6. The summed E-state index contributed by atoms with van der Waals surface area (Å²) in [7, 11) is 4.29. The molecule has 0 saturated carbocycles. The molecule has 0 N–H and O–H groups in total. The summed E-state index contributed by atoms with van der Waals surface area (Å²) in [5, 5.41) is 0. The first-order valence-electron chi connectivity index (χ1n) is 6.52. The molecule has 104 valence electrons. The quantitative estimate of drug-likeness (QED) is 0.670. The van der Waals surface area contributed by atoms with Crippen LogP contribution in [-0.2, 0) is 0 Å². The van der Waals surface area contributed by atoms with Gasteiger partial charge in [-0.2, -0.15) is 0 Å². The molecule has 0 radical (unpaired) electrons. The van der Waals surface area contributed by atoms with Gasteiger partial charge in [0.25, 0.3) is 0 Å². The van der Waals surface area contributed by atoms with Crippen molar-refractivity contribution in [2.45, 2.75) is 0 Å². The van der Waals surface area contributed by atoms with E-state index in [1.165, 1.54) is 8.92 Å². The van der Waals surface area contributed by atoms with Gasteiger partial charge in [0.2, 0.25) is 0 Å². The molecule has 0 fully saturated rings. The van der Waals surface area contributed by atoms with Gasteiger partial charge in [0.05, 0.1) is 0 Å². The molecule has 0 aliphatic rings. The van der Waals surface area contributed by atoms with Gasteiger partial charge in [0.1, 0.15) is 0 Å². The first-order valence-corrected chi connectivity index (χ1v) is 10.1. The van der Waals surface area contributed by atoms with E-state index in [1.807, 2.05) is 0 Å². The Morgan fingerprint density at radius 3 is 2.00 bits per heavy atom. The van der Waals surface area contributed by atoms with Crippen molar-refractivity contribution in [2.75, 3.05) is 20.6 Å². The fourth-order valence-electron chi connectivity index (χ4n) is 1.68. The molecule has 0 aliphatic carbocycles. The van der Waals surface area contributed by atoms with Gasteiger partial charge in [-0.3, -0.25) is 0 Å². The predicted molar refractivity (Wildman–Crippen MR) is 90.3 cm³/mol. The normalized spacial score (nSPS) is 11.8. The summed E-state index contributed by atoms with van der Waals surface area (Å²) in [6.07, 6.45) is 0. The van der Waals surface area contributed by atoms with Crippen LogP contribution in [0.15, 0.2) is 70.1 Å². The van der Waals surface area contributed by atoms with Crippen LogP contribution >= 0.6 is 0 Å². The molecule has 3 heteroatoms. The Labute approximate surface area is 134 Å². The van der Waals surface area contributed by atoms with Crippen LogP contribution in [0, 0.1) is 0 Å². The first-order chi connectivity index (χ1) is 9.74. The summed E-state index contributed by atoms with van der Waals surface area (Å²) in [4.78, 5) is 4.73. The van der Waals surface area contributed by atoms with Crippen molar-refractivity contribution in [3.63, 3.8) is 0 Å². The number of hydrogen-bond donors (Lipinski definition) is 0. The van der Waals surface area contributed by atoms with E-state index in [0.29, 0.717) is 29.9 Å². The van der Waals surface area contributed by atoms with Crippen molar-refractivity contribution in [1.82, 2.24) is 4.90 Å². The molecule has 0 aromatic heterocycles. The molecule has 20 heavy (non-hydrogen) atoms. The third-order valence-corrected chi connectivity index (χ3v) is 7.41. The van der Waals surface area contributed by atoms with Gasteiger partial charge in [-0.05, 0) is 0 Å². The number of benzene rings is 2. The van der Waals surface area contributed by atoms with Crippen molar-refractivity contribution in [3.8, 4) is 0 Å². The van der Waals surface area contributed by atoms with Crippen LogP contribution < -0.4 is 8.92 Å². The monoisotopic (exact) mass is 397 g/mol. The van der Waals surface area contributed by atoms with Crippen LogP contribution in [0.25, 0.3) is 0 Å². The average Bonchev–Trinajstić information content (AvgIpc) is 2.46. The Hall–Kier alpha value is -0.821. The molecule has 0 bridgehead atoms. The van der Waals surface area contributed by atoms with E-state index in [-0.39, 0.29) is 0 Å². The van der Waals surface area contributed by atoms with E-state index in [0.717, 1.165) is 6.54 Å². The molecule has 1 nitrogen and oxygen atoms in total. The molecule has 0 saturated heterocycles. The van der Waals surface area contributed by atoms with E-state index >= 15 is 0 Å². The van der Waals surface area contributed by atoms with Gasteiger partial charge < -0.3 is 0 Å². The summed E-state index contributed by atoms with van der Waals surface area (Å²) < 4.78 is 4.47. The van der Waals surface area contributed by atoms with E-state index < -0.39 is 0 Å². The summed E-state index contributed by atoms with van der Waals surface area (Å²) >= 11 is 0.866. The average molecular weight is 395 g/mol. The maximum absolute atomic E-state index is 2.47. The van der Waals surface area contributed by atoms with Crippen LogP contribution in [0.2, 0.25) is 0 Å². The van der Waals surface area contributed by atoms with Gasteiger partial charge in [-0.15, -0.1) is 0 Å². The van der Waals surface area contributed by atoms with Crippen molar-refractivity contribution in [2.24, 2.45) is 0 Å². The Kier molecular flexibility index (Phi) is 6.59. The standard InChI is InChI=1S/C17H19NSe2/c1-18(2)13-17(20-16-11-7-4-8-12-16)14-19-15-9-5-3-6-10-15/h3-12,14H,13H2,1-2H3/b17-14-. The van der Waals surface area contributed by atoms with Crippen LogP contribution in [0.4, 0.5) is 0 Å². The minimum absolute atomic E-state index is 0.433. The van der Waals surface area contributed by atoms with E-state index in [1.54, 1.807) is 4.47 Å². The summed E-state index contributed by atoms with van der Waals surface area (Å²) in [6.45, 7) is 1.06. The van der Waals surface area contributed by atoms with Gasteiger partial charge in [-0.1, -0.05) is 0 Å². The molecule has 2 aromatic carbocycles. The first kappa shape index (κ1) is 15.6. The third-order valence-electron chi connectivity index (χ3n) is 2.53. The molecule has 0 atom stereocenters. The maximum atomic E-state index is 2.47. The molecule has 0 spiro atoms. The topological polar surface area (TPSA) is 3.24 Å². The molecular formula is C17H19NSe2. The second-order valence-electron chi connectivity index (χ2n) is 4.67. The van der Waals surface area contributed by atoms with Gasteiger partial charge in [0.15, 0.2) is 0 Å². The van der Waals surface area contributed by atoms with Crippen molar-refractivity contribution in [3.05, 3.63) is 70.1 Å². The van der Waals surface area contributed by atoms with Gasteiger partial charge in [-0.25, -0.2) is 0 Å². The van der Waals surface area contributed by atoms with Crippen LogP contribution in [0.1, 0.15) is 0 Å². The zero-order valence-corrected chi connectivity index (χ0v) is 15.2. The van der Waals surface area contributed by atoms with Gasteiger partial charge >= 0.3 is 134 Å². The van der Waals surface area contributed by atoms with Crippen LogP contribution in [-0.4, -0.2) is 55.5 Å². The molecule has 2 aromatic rings. The Morgan fingerprint density at radius 1 is 0.900 bits per heavy atom.